The van der Waals surface area contributed by atoms with E-state index in [-0.39, 0.29) is 5.91 Å². The SMILES string of the molecule is Cc1nn(C)c(C)c1CNC(=O)c1cccc(COc2cccc(Cl)c2)c1. The minimum Gasteiger partial charge on any atom is -0.489 e. The molecular weight excluding hydrogens is 362 g/mol. The number of amides is 1. The molecule has 1 heterocycles. The van der Waals surface area contributed by atoms with E-state index in [1.54, 1.807) is 18.2 Å². The highest BCUT2D eigenvalue weighted by molar-refractivity contribution is 6.30. The summed E-state index contributed by atoms with van der Waals surface area (Å²) >= 11 is 5.96. The Labute approximate surface area is 163 Å². The molecule has 0 radical (unpaired) electrons. The number of halogens is 1. The van der Waals surface area contributed by atoms with E-state index >= 15 is 0 Å². The lowest BCUT2D eigenvalue weighted by Gasteiger charge is -2.09. The summed E-state index contributed by atoms with van der Waals surface area (Å²) in [6.45, 7) is 4.76. The summed E-state index contributed by atoms with van der Waals surface area (Å²) in [5, 5.41) is 7.97. The average molecular weight is 384 g/mol. The number of nitrogens with one attached hydrogen (secondary N) is 1. The molecule has 1 aromatic heterocycles. The van der Waals surface area contributed by atoms with E-state index in [1.807, 2.05) is 55.9 Å². The van der Waals surface area contributed by atoms with Gasteiger partial charge >= 0.3 is 0 Å². The van der Waals surface area contributed by atoms with Crippen LogP contribution >= 0.6 is 11.6 Å². The van der Waals surface area contributed by atoms with Gasteiger partial charge in [0.2, 0.25) is 0 Å². The van der Waals surface area contributed by atoms with Crippen LogP contribution in [0.25, 0.3) is 0 Å². The second kappa shape index (κ2) is 8.27. The molecule has 3 aromatic rings. The highest BCUT2D eigenvalue weighted by Gasteiger charge is 2.12. The molecule has 0 fully saturated rings. The molecule has 27 heavy (non-hydrogen) atoms. The van der Waals surface area contributed by atoms with Crippen LogP contribution in [0.3, 0.4) is 0 Å². The van der Waals surface area contributed by atoms with Crippen molar-refractivity contribution in [2.75, 3.05) is 0 Å². The van der Waals surface area contributed by atoms with Crippen LogP contribution in [0.4, 0.5) is 0 Å². The monoisotopic (exact) mass is 383 g/mol. The fourth-order valence-corrected chi connectivity index (χ4v) is 3.05. The molecule has 1 N–H and O–H groups in total. The minimum absolute atomic E-state index is 0.123. The molecule has 1 amide bonds. The summed E-state index contributed by atoms with van der Waals surface area (Å²) in [7, 11) is 1.90. The molecule has 2 aromatic carbocycles. The van der Waals surface area contributed by atoms with Crippen molar-refractivity contribution < 1.29 is 9.53 Å². The zero-order valence-electron chi connectivity index (χ0n) is 15.6. The Morgan fingerprint density at radius 1 is 1.19 bits per heavy atom. The molecule has 0 aliphatic heterocycles. The third-order valence-corrected chi connectivity index (χ3v) is 4.71. The van der Waals surface area contributed by atoms with Crippen LogP contribution in [0.15, 0.2) is 48.5 Å². The number of carbonyl (C=O) groups is 1. The first-order chi connectivity index (χ1) is 12.9. The van der Waals surface area contributed by atoms with Crippen molar-refractivity contribution in [2.45, 2.75) is 27.0 Å². The molecule has 5 nitrogen and oxygen atoms in total. The number of carbonyl (C=O) groups excluding carboxylic acids is 1. The smallest absolute Gasteiger partial charge is 0.251 e. The van der Waals surface area contributed by atoms with Crippen LogP contribution < -0.4 is 10.1 Å². The minimum atomic E-state index is -0.123. The number of hydrogen-bond acceptors (Lipinski definition) is 3. The van der Waals surface area contributed by atoms with E-state index in [2.05, 4.69) is 10.4 Å². The van der Waals surface area contributed by atoms with E-state index < -0.39 is 0 Å². The Kier molecular flexibility index (Phi) is 5.81. The molecule has 6 heteroatoms. The zero-order valence-corrected chi connectivity index (χ0v) is 16.4. The van der Waals surface area contributed by atoms with Gasteiger partial charge in [-0.15, -0.1) is 0 Å². The van der Waals surface area contributed by atoms with E-state index in [0.29, 0.717) is 29.5 Å². The van der Waals surface area contributed by atoms with Gasteiger partial charge in [-0.1, -0.05) is 29.8 Å². The lowest BCUT2D eigenvalue weighted by Crippen LogP contribution is -2.23. The van der Waals surface area contributed by atoms with Crippen molar-refractivity contribution >= 4 is 17.5 Å². The fraction of sp³-hybridized carbons (Fsp3) is 0.238. The Balaban J connectivity index is 1.63. The van der Waals surface area contributed by atoms with Gasteiger partial charge in [-0.2, -0.15) is 5.10 Å². The van der Waals surface area contributed by atoms with Crippen LogP contribution in [0.2, 0.25) is 5.02 Å². The largest absolute Gasteiger partial charge is 0.489 e. The van der Waals surface area contributed by atoms with Crippen molar-refractivity contribution in [2.24, 2.45) is 7.05 Å². The van der Waals surface area contributed by atoms with Crippen LogP contribution in [0.1, 0.15) is 32.9 Å². The fourth-order valence-electron chi connectivity index (χ4n) is 2.87. The van der Waals surface area contributed by atoms with Crippen molar-refractivity contribution in [3.63, 3.8) is 0 Å². The third-order valence-electron chi connectivity index (χ3n) is 4.48. The summed E-state index contributed by atoms with van der Waals surface area (Å²) in [5.41, 5.74) is 4.54. The van der Waals surface area contributed by atoms with E-state index in [4.69, 9.17) is 16.3 Å². The van der Waals surface area contributed by atoms with Gasteiger partial charge in [0, 0.05) is 35.4 Å². The number of nitrogens with zero attached hydrogens (tertiary/aromatic N) is 2. The summed E-state index contributed by atoms with van der Waals surface area (Å²) in [6, 6.07) is 14.7. The standard InChI is InChI=1S/C21H22ClN3O2/c1-14-20(15(2)25(3)24-14)12-23-21(26)17-7-4-6-16(10-17)13-27-19-9-5-8-18(22)11-19/h4-11H,12-13H2,1-3H3,(H,23,26). The summed E-state index contributed by atoms with van der Waals surface area (Å²) < 4.78 is 7.57. The van der Waals surface area contributed by atoms with E-state index in [1.165, 1.54) is 0 Å². The average Bonchev–Trinajstić information content (AvgIpc) is 2.90. The maximum atomic E-state index is 12.5. The van der Waals surface area contributed by atoms with Gasteiger partial charge in [-0.3, -0.25) is 9.48 Å². The van der Waals surface area contributed by atoms with Gasteiger partial charge < -0.3 is 10.1 Å². The molecule has 0 atom stereocenters. The number of aryl methyl sites for hydroxylation is 2. The van der Waals surface area contributed by atoms with E-state index in [0.717, 1.165) is 22.5 Å². The quantitative estimate of drug-likeness (QED) is 0.694. The second-order valence-electron chi connectivity index (χ2n) is 6.40. The molecule has 0 aliphatic carbocycles. The Hall–Kier alpha value is -2.79. The molecule has 0 saturated carbocycles. The summed E-state index contributed by atoms with van der Waals surface area (Å²) in [5.74, 6) is 0.571. The zero-order chi connectivity index (χ0) is 19.4. The predicted molar refractivity (Wildman–Crippen MR) is 106 cm³/mol. The highest BCUT2D eigenvalue weighted by Crippen LogP contribution is 2.19. The maximum Gasteiger partial charge on any atom is 0.251 e. The first kappa shape index (κ1) is 19.0. The lowest BCUT2D eigenvalue weighted by atomic mass is 10.1. The molecule has 0 unspecified atom stereocenters. The van der Waals surface area contributed by atoms with Gasteiger partial charge in [0.25, 0.3) is 5.91 Å². The number of hydrogen-bond donors (Lipinski definition) is 1. The van der Waals surface area contributed by atoms with Crippen LogP contribution in [-0.2, 0) is 20.2 Å². The number of ether oxygens (including phenoxy) is 1. The van der Waals surface area contributed by atoms with Gasteiger partial charge in [0.15, 0.2) is 0 Å². The number of aromatic nitrogens is 2. The Morgan fingerprint density at radius 3 is 2.67 bits per heavy atom. The molecule has 140 valence electrons. The molecule has 0 spiro atoms. The second-order valence-corrected chi connectivity index (χ2v) is 6.84. The molecule has 0 aliphatic rings. The number of benzene rings is 2. The lowest BCUT2D eigenvalue weighted by molar-refractivity contribution is 0.0950. The normalized spacial score (nSPS) is 10.7. The highest BCUT2D eigenvalue weighted by atomic mass is 35.5. The van der Waals surface area contributed by atoms with Crippen molar-refractivity contribution in [1.29, 1.82) is 0 Å². The maximum absolute atomic E-state index is 12.5. The summed E-state index contributed by atoms with van der Waals surface area (Å²) in [6.07, 6.45) is 0. The topological polar surface area (TPSA) is 56.2 Å². The first-order valence-electron chi connectivity index (χ1n) is 8.68. The van der Waals surface area contributed by atoms with Gasteiger partial charge in [0.1, 0.15) is 12.4 Å². The van der Waals surface area contributed by atoms with Gasteiger partial charge in [-0.25, -0.2) is 0 Å². The Bertz CT molecular complexity index is 966. The molecule has 3 rings (SSSR count). The molecular formula is C21H22ClN3O2. The summed E-state index contributed by atoms with van der Waals surface area (Å²) in [4.78, 5) is 12.5. The Morgan fingerprint density at radius 2 is 1.96 bits per heavy atom. The third kappa shape index (κ3) is 4.68. The van der Waals surface area contributed by atoms with E-state index in [9.17, 15) is 4.79 Å². The van der Waals surface area contributed by atoms with Crippen molar-refractivity contribution in [3.05, 3.63) is 81.6 Å². The van der Waals surface area contributed by atoms with Crippen molar-refractivity contribution in [1.82, 2.24) is 15.1 Å². The first-order valence-corrected chi connectivity index (χ1v) is 9.06. The van der Waals surface area contributed by atoms with Crippen molar-refractivity contribution in [3.8, 4) is 5.75 Å². The molecule has 0 saturated heterocycles. The molecule has 0 bridgehead atoms. The van der Waals surface area contributed by atoms with Gasteiger partial charge in [0.05, 0.1) is 5.69 Å². The van der Waals surface area contributed by atoms with Crippen LogP contribution in [0.5, 0.6) is 5.75 Å². The van der Waals surface area contributed by atoms with Crippen LogP contribution in [-0.4, -0.2) is 15.7 Å². The van der Waals surface area contributed by atoms with Crippen LogP contribution in [0, 0.1) is 13.8 Å². The number of rotatable bonds is 6. The van der Waals surface area contributed by atoms with Gasteiger partial charge in [-0.05, 0) is 49.7 Å². The predicted octanol–water partition coefficient (Wildman–Crippen LogP) is 4.20.